The van der Waals surface area contributed by atoms with Crippen molar-refractivity contribution in [3.63, 3.8) is 0 Å². The number of alkyl halides is 1. The van der Waals surface area contributed by atoms with Gasteiger partial charge in [0, 0.05) is 12.5 Å². The molecular formula is C13H17ClO. The lowest BCUT2D eigenvalue weighted by Gasteiger charge is -2.20. The summed E-state index contributed by atoms with van der Waals surface area (Å²) in [5.74, 6) is 0.453. The lowest BCUT2D eigenvalue weighted by molar-refractivity contribution is 0.105. The van der Waals surface area contributed by atoms with Gasteiger partial charge in [-0.25, -0.2) is 0 Å². The zero-order valence-corrected chi connectivity index (χ0v) is 10.00. The van der Waals surface area contributed by atoms with E-state index in [9.17, 15) is 0 Å². The maximum atomic E-state index is 6.48. The van der Waals surface area contributed by atoms with Crippen LogP contribution in [-0.2, 0) is 4.74 Å². The summed E-state index contributed by atoms with van der Waals surface area (Å²) in [5.41, 5.74) is 2.49. The molecular weight excluding hydrogens is 208 g/mol. The third-order valence-electron chi connectivity index (χ3n) is 3.21. The number of rotatable bonds is 2. The normalized spacial score (nSPS) is 27.9. The van der Waals surface area contributed by atoms with E-state index in [0.717, 1.165) is 13.0 Å². The molecule has 2 rings (SSSR count). The molecule has 0 saturated carbocycles. The maximum absolute atomic E-state index is 6.48. The van der Waals surface area contributed by atoms with Gasteiger partial charge in [-0.2, -0.15) is 0 Å². The molecule has 1 aliphatic rings. The van der Waals surface area contributed by atoms with Crippen molar-refractivity contribution in [3.05, 3.63) is 35.4 Å². The van der Waals surface area contributed by atoms with Gasteiger partial charge in [0.15, 0.2) is 0 Å². The fourth-order valence-corrected chi connectivity index (χ4v) is 2.61. The number of hydrogen-bond acceptors (Lipinski definition) is 1. The van der Waals surface area contributed by atoms with Crippen LogP contribution in [0.4, 0.5) is 0 Å². The first-order valence-electron chi connectivity index (χ1n) is 5.50. The molecule has 1 aromatic carbocycles. The summed E-state index contributed by atoms with van der Waals surface area (Å²) in [7, 11) is 0. The van der Waals surface area contributed by atoms with Gasteiger partial charge in [-0.3, -0.25) is 0 Å². The van der Waals surface area contributed by atoms with Crippen LogP contribution in [0.3, 0.4) is 0 Å². The molecule has 3 unspecified atom stereocenters. The zero-order chi connectivity index (χ0) is 10.8. The smallest absolute Gasteiger partial charge is 0.0638 e. The minimum Gasteiger partial charge on any atom is -0.378 e. The number of halogens is 1. The van der Waals surface area contributed by atoms with Gasteiger partial charge in [0.25, 0.3) is 0 Å². The highest BCUT2D eigenvalue weighted by molar-refractivity contribution is 6.21. The predicted octanol–water partition coefficient (Wildman–Crippen LogP) is 3.70. The van der Waals surface area contributed by atoms with E-state index in [1.165, 1.54) is 11.1 Å². The molecule has 0 N–H and O–H groups in total. The molecule has 2 heteroatoms. The lowest BCUT2D eigenvalue weighted by Crippen LogP contribution is -2.16. The van der Waals surface area contributed by atoms with E-state index in [2.05, 4.69) is 38.1 Å². The number of benzene rings is 1. The third-order valence-corrected chi connectivity index (χ3v) is 3.78. The van der Waals surface area contributed by atoms with Crippen molar-refractivity contribution < 1.29 is 4.74 Å². The van der Waals surface area contributed by atoms with Gasteiger partial charge in [-0.15, -0.1) is 11.6 Å². The Morgan fingerprint density at radius 2 is 2.00 bits per heavy atom. The first-order valence-corrected chi connectivity index (χ1v) is 5.94. The van der Waals surface area contributed by atoms with Crippen LogP contribution in [0.5, 0.6) is 0 Å². The molecule has 0 spiro atoms. The van der Waals surface area contributed by atoms with Crippen LogP contribution in [0.25, 0.3) is 0 Å². The molecule has 0 amide bonds. The topological polar surface area (TPSA) is 9.23 Å². The summed E-state index contributed by atoms with van der Waals surface area (Å²) in [5, 5.41) is 0.0862. The van der Waals surface area contributed by atoms with Crippen LogP contribution < -0.4 is 0 Å². The molecule has 1 aromatic rings. The van der Waals surface area contributed by atoms with E-state index >= 15 is 0 Å². The van der Waals surface area contributed by atoms with E-state index in [4.69, 9.17) is 16.3 Å². The Hall–Kier alpha value is -0.530. The molecule has 1 fully saturated rings. The van der Waals surface area contributed by atoms with Gasteiger partial charge in [-0.1, -0.05) is 29.8 Å². The Balaban J connectivity index is 2.13. The van der Waals surface area contributed by atoms with E-state index in [-0.39, 0.29) is 11.5 Å². The van der Waals surface area contributed by atoms with Crippen molar-refractivity contribution in [2.75, 3.05) is 6.61 Å². The number of ether oxygens (including phenoxy) is 1. The summed E-state index contributed by atoms with van der Waals surface area (Å²) < 4.78 is 5.55. The minimum atomic E-state index is 0.0862. The van der Waals surface area contributed by atoms with Crippen LogP contribution in [0, 0.1) is 12.8 Å². The summed E-state index contributed by atoms with van der Waals surface area (Å²) in [6, 6.07) is 8.48. The van der Waals surface area contributed by atoms with Crippen LogP contribution >= 0.6 is 11.6 Å². The van der Waals surface area contributed by atoms with Crippen LogP contribution in [0.1, 0.15) is 29.8 Å². The zero-order valence-electron chi connectivity index (χ0n) is 9.24. The monoisotopic (exact) mass is 224 g/mol. The largest absolute Gasteiger partial charge is 0.378 e. The molecule has 0 aliphatic carbocycles. The molecule has 1 nitrogen and oxygen atoms in total. The quantitative estimate of drug-likeness (QED) is 0.696. The highest BCUT2D eigenvalue weighted by atomic mass is 35.5. The molecule has 1 aliphatic heterocycles. The van der Waals surface area contributed by atoms with Crippen molar-refractivity contribution in [1.82, 2.24) is 0 Å². The summed E-state index contributed by atoms with van der Waals surface area (Å²) in [6.07, 6.45) is 1.36. The van der Waals surface area contributed by atoms with Crippen LogP contribution in [-0.4, -0.2) is 12.7 Å². The van der Waals surface area contributed by atoms with Gasteiger partial charge in [0.1, 0.15) is 0 Å². The summed E-state index contributed by atoms with van der Waals surface area (Å²) in [6.45, 7) is 5.05. The number of hydrogen-bond donors (Lipinski definition) is 0. The second-order valence-corrected chi connectivity index (χ2v) is 4.81. The Morgan fingerprint density at radius 3 is 2.53 bits per heavy atom. The standard InChI is InChI=1S/C13H17ClO/c1-9-3-5-11(6-4-9)13(14)12-7-8-15-10(12)2/h3-6,10,12-13H,7-8H2,1-2H3. The van der Waals surface area contributed by atoms with Gasteiger partial charge < -0.3 is 4.74 Å². The number of aryl methyl sites for hydroxylation is 1. The SMILES string of the molecule is Cc1ccc(C(Cl)C2CCOC2C)cc1. The second-order valence-electron chi connectivity index (χ2n) is 4.34. The fraction of sp³-hybridized carbons (Fsp3) is 0.538. The molecule has 0 radical (unpaired) electrons. The Kier molecular flexibility index (Phi) is 3.32. The van der Waals surface area contributed by atoms with Gasteiger partial charge in [0.2, 0.25) is 0 Å². The van der Waals surface area contributed by atoms with Crippen molar-refractivity contribution in [2.24, 2.45) is 5.92 Å². The van der Waals surface area contributed by atoms with Gasteiger partial charge >= 0.3 is 0 Å². The van der Waals surface area contributed by atoms with Crippen LogP contribution in [0.15, 0.2) is 24.3 Å². The van der Waals surface area contributed by atoms with Crippen molar-refractivity contribution in [1.29, 1.82) is 0 Å². The molecule has 3 atom stereocenters. The van der Waals surface area contributed by atoms with Gasteiger partial charge in [-0.05, 0) is 25.8 Å². The molecule has 1 saturated heterocycles. The average molecular weight is 225 g/mol. The van der Waals surface area contributed by atoms with Crippen molar-refractivity contribution in [3.8, 4) is 0 Å². The predicted molar refractivity (Wildman–Crippen MR) is 63.3 cm³/mol. The molecule has 82 valence electrons. The minimum absolute atomic E-state index is 0.0862. The van der Waals surface area contributed by atoms with Gasteiger partial charge in [0.05, 0.1) is 11.5 Å². The van der Waals surface area contributed by atoms with Crippen molar-refractivity contribution in [2.45, 2.75) is 31.7 Å². The highest BCUT2D eigenvalue weighted by Gasteiger charge is 2.31. The van der Waals surface area contributed by atoms with E-state index < -0.39 is 0 Å². The molecule has 0 bridgehead atoms. The van der Waals surface area contributed by atoms with Crippen molar-refractivity contribution >= 4 is 11.6 Å². The van der Waals surface area contributed by atoms with Crippen LogP contribution in [0.2, 0.25) is 0 Å². The van der Waals surface area contributed by atoms with E-state index in [1.807, 2.05) is 0 Å². The Bertz CT molecular complexity index is 320. The third kappa shape index (κ3) is 2.35. The second kappa shape index (κ2) is 4.54. The molecule has 15 heavy (non-hydrogen) atoms. The van der Waals surface area contributed by atoms with E-state index in [1.54, 1.807) is 0 Å². The Labute approximate surface area is 96.4 Å². The molecule has 1 heterocycles. The Morgan fingerprint density at radius 1 is 1.33 bits per heavy atom. The lowest BCUT2D eigenvalue weighted by atomic mass is 9.93. The summed E-state index contributed by atoms with van der Waals surface area (Å²) in [4.78, 5) is 0. The highest BCUT2D eigenvalue weighted by Crippen LogP contribution is 2.37. The first kappa shape index (κ1) is 11.0. The molecule has 0 aromatic heterocycles. The maximum Gasteiger partial charge on any atom is 0.0638 e. The van der Waals surface area contributed by atoms with E-state index in [0.29, 0.717) is 5.92 Å². The first-order chi connectivity index (χ1) is 7.18. The fourth-order valence-electron chi connectivity index (χ4n) is 2.13. The average Bonchev–Trinajstić information content (AvgIpc) is 2.65. The summed E-state index contributed by atoms with van der Waals surface area (Å²) >= 11 is 6.48.